The number of piperidine rings is 1. The highest BCUT2D eigenvalue weighted by Gasteiger charge is 2.36. The number of amides is 2. The summed E-state index contributed by atoms with van der Waals surface area (Å²) in [5.74, 6) is 0.237. The van der Waals surface area contributed by atoms with E-state index in [-0.39, 0.29) is 29.3 Å². The van der Waals surface area contributed by atoms with Crippen LogP contribution in [0.2, 0.25) is 0 Å². The molecule has 1 aromatic heterocycles. The maximum Gasteiger partial charge on any atom is 0.254 e. The summed E-state index contributed by atoms with van der Waals surface area (Å²) in [4.78, 5) is 46.4. The first kappa shape index (κ1) is 30.5. The molecule has 2 saturated heterocycles. The molecule has 3 atom stereocenters. The molecule has 8 nitrogen and oxygen atoms in total. The highest BCUT2D eigenvalue weighted by Crippen LogP contribution is 2.39. The average molecular weight is 628 g/mol. The van der Waals surface area contributed by atoms with Crippen molar-refractivity contribution in [2.45, 2.75) is 38.8 Å². The van der Waals surface area contributed by atoms with Gasteiger partial charge < -0.3 is 24.6 Å². The van der Waals surface area contributed by atoms with Crippen LogP contribution in [-0.4, -0.2) is 60.0 Å². The van der Waals surface area contributed by atoms with Crippen LogP contribution in [0.5, 0.6) is 0 Å². The second-order valence-electron chi connectivity index (χ2n) is 13.2. The Morgan fingerprint density at radius 2 is 1.68 bits per heavy atom. The van der Waals surface area contributed by atoms with Gasteiger partial charge in [-0.3, -0.25) is 14.4 Å². The topological polar surface area (TPSA) is 77.9 Å². The Morgan fingerprint density at radius 1 is 0.851 bits per heavy atom. The average Bonchev–Trinajstić information content (AvgIpc) is 3.08. The van der Waals surface area contributed by atoms with Crippen LogP contribution in [0.1, 0.15) is 46.4 Å². The number of pyridine rings is 1. The zero-order valence-corrected chi connectivity index (χ0v) is 27.0. The second kappa shape index (κ2) is 12.9. The summed E-state index contributed by atoms with van der Waals surface area (Å²) in [6, 6.07) is 29.6. The molecule has 2 bridgehead atoms. The minimum absolute atomic E-state index is 0.0357. The van der Waals surface area contributed by atoms with Crippen LogP contribution in [-0.2, 0) is 11.3 Å². The zero-order valence-electron chi connectivity index (χ0n) is 27.0. The third kappa shape index (κ3) is 6.45. The number of benzene rings is 3. The predicted molar refractivity (Wildman–Crippen MR) is 188 cm³/mol. The van der Waals surface area contributed by atoms with E-state index < -0.39 is 0 Å². The fraction of sp³-hybridized carbons (Fsp3) is 0.308. The molecule has 8 heteroatoms. The molecule has 47 heavy (non-hydrogen) atoms. The van der Waals surface area contributed by atoms with Crippen molar-refractivity contribution in [2.75, 3.05) is 47.8 Å². The number of fused-ring (bicyclic) bond motifs is 4. The number of hydrogen-bond donors (Lipinski definition) is 1. The number of nitrogens with zero attached hydrogens (tertiary/aromatic N) is 4. The smallest absolute Gasteiger partial charge is 0.254 e. The van der Waals surface area contributed by atoms with E-state index in [1.807, 2.05) is 64.1 Å². The molecule has 1 N–H and O–H groups in total. The zero-order chi connectivity index (χ0) is 32.5. The predicted octanol–water partition coefficient (Wildman–Crippen LogP) is 5.78. The number of carbonyl (C=O) groups excluding carboxylic acids is 2. The van der Waals surface area contributed by atoms with Gasteiger partial charge in [0.2, 0.25) is 5.91 Å². The SMILES string of the molecule is Cc1cccc(N2CCN(C(=O)c3ccc(N4CC5CC(C4)c4cccc(=O)n4C5)c(NC(=O)/C=C/c4ccccc4)c3)CC2C)c1. The van der Waals surface area contributed by atoms with Crippen molar-refractivity contribution < 1.29 is 9.59 Å². The van der Waals surface area contributed by atoms with Crippen molar-refractivity contribution in [3.05, 3.63) is 130 Å². The van der Waals surface area contributed by atoms with Gasteiger partial charge in [0.15, 0.2) is 0 Å². The van der Waals surface area contributed by atoms with Gasteiger partial charge in [-0.2, -0.15) is 0 Å². The van der Waals surface area contributed by atoms with E-state index in [1.54, 1.807) is 12.1 Å². The van der Waals surface area contributed by atoms with Crippen molar-refractivity contribution in [1.29, 1.82) is 0 Å². The minimum atomic E-state index is -0.255. The second-order valence-corrected chi connectivity index (χ2v) is 13.2. The first-order valence-corrected chi connectivity index (χ1v) is 16.6. The standard InChI is InChI=1S/C39H41N5O3/c1-27-8-6-11-33(20-27)43-19-18-41(23-28(43)2)39(47)31-15-16-36(34(22-31)40-37(45)17-14-29-9-4-3-5-10-29)42-24-30-21-32(26-42)35-12-7-13-38(46)44(35)25-30/h3-17,20,22,28,30,32H,18-19,21,23-26H2,1-2H3,(H,40,45)/b17-14+. The number of hydrogen-bond acceptors (Lipinski definition) is 5. The van der Waals surface area contributed by atoms with Crippen LogP contribution >= 0.6 is 0 Å². The van der Waals surface area contributed by atoms with Crippen LogP contribution in [0.15, 0.2) is 102 Å². The highest BCUT2D eigenvalue weighted by atomic mass is 16.2. The van der Waals surface area contributed by atoms with E-state index in [2.05, 4.69) is 59.3 Å². The van der Waals surface area contributed by atoms with Crippen LogP contribution in [0, 0.1) is 12.8 Å². The van der Waals surface area contributed by atoms with E-state index >= 15 is 0 Å². The Labute approximate surface area is 275 Å². The van der Waals surface area contributed by atoms with Gasteiger partial charge in [0.05, 0.1) is 11.4 Å². The van der Waals surface area contributed by atoms with Gasteiger partial charge in [-0.05, 0) is 79.8 Å². The number of piperazine rings is 1. The molecule has 240 valence electrons. The number of nitrogens with one attached hydrogen (secondary N) is 1. The monoisotopic (exact) mass is 627 g/mol. The Balaban J connectivity index is 1.15. The molecule has 2 fully saturated rings. The lowest BCUT2D eigenvalue weighted by Crippen LogP contribution is -2.53. The quantitative estimate of drug-likeness (QED) is 0.274. The third-order valence-electron chi connectivity index (χ3n) is 9.80. The van der Waals surface area contributed by atoms with Gasteiger partial charge in [-0.1, -0.05) is 48.5 Å². The van der Waals surface area contributed by atoms with E-state index in [9.17, 15) is 14.4 Å². The molecule has 2 amide bonds. The Morgan fingerprint density at radius 3 is 2.49 bits per heavy atom. The van der Waals surface area contributed by atoms with Crippen molar-refractivity contribution in [3.8, 4) is 0 Å². The van der Waals surface area contributed by atoms with Gasteiger partial charge >= 0.3 is 0 Å². The van der Waals surface area contributed by atoms with Crippen LogP contribution in [0.4, 0.5) is 17.1 Å². The van der Waals surface area contributed by atoms with Gasteiger partial charge in [-0.15, -0.1) is 0 Å². The molecule has 0 aliphatic carbocycles. The number of rotatable bonds is 6. The number of aryl methyl sites for hydroxylation is 1. The highest BCUT2D eigenvalue weighted by molar-refractivity contribution is 6.05. The fourth-order valence-corrected chi connectivity index (χ4v) is 7.56. The summed E-state index contributed by atoms with van der Waals surface area (Å²) in [5, 5.41) is 3.11. The molecule has 3 aliphatic rings. The molecule has 0 radical (unpaired) electrons. The summed E-state index contributed by atoms with van der Waals surface area (Å²) in [5.41, 5.74) is 6.53. The molecule has 3 unspecified atom stereocenters. The van der Waals surface area contributed by atoms with Gasteiger partial charge in [0.25, 0.3) is 11.5 Å². The van der Waals surface area contributed by atoms with Gasteiger partial charge in [0.1, 0.15) is 0 Å². The summed E-state index contributed by atoms with van der Waals surface area (Å²) >= 11 is 0. The number of anilines is 3. The summed E-state index contributed by atoms with van der Waals surface area (Å²) in [6.07, 6.45) is 4.36. The van der Waals surface area contributed by atoms with Crippen LogP contribution in [0.25, 0.3) is 6.08 Å². The van der Waals surface area contributed by atoms with E-state index in [0.717, 1.165) is 43.0 Å². The molecule has 3 aromatic carbocycles. The van der Waals surface area contributed by atoms with E-state index in [4.69, 9.17) is 0 Å². The van der Waals surface area contributed by atoms with Crippen LogP contribution in [0.3, 0.4) is 0 Å². The van der Waals surface area contributed by atoms with Crippen molar-refractivity contribution in [3.63, 3.8) is 0 Å². The molecule has 4 aromatic rings. The lowest BCUT2D eigenvalue weighted by molar-refractivity contribution is -0.111. The summed E-state index contributed by atoms with van der Waals surface area (Å²) < 4.78 is 1.93. The molecule has 7 rings (SSSR count). The molecule has 0 spiro atoms. The first-order valence-electron chi connectivity index (χ1n) is 16.6. The normalized spacial score (nSPS) is 20.6. The van der Waals surface area contributed by atoms with Crippen molar-refractivity contribution in [1.82, 2.24) is 9.47 Å². The van der Waals surface area contributed by atoms with Crippen LogP contribution < -0.4 is 20.7 Å². The summed E-state index contributed by atoms with van der Waals surface area (Å²) in [7, 11) is 0. The van der Waals surface area contributed by atoms with Crippen molar-refractivity contribution in [2.24, 2.45) is 5.92 Å². The number of aromatic nitrogens is 1. The van der Waals surface area contributed by atoms with Gasteiger partial charge in [-0.25, -0.2) is 0 Å². The van der Waals surface area contributed by atoms with E-state index in [1.165, 1.54) is 17.3 Å². The maximum atomic E-state index is 13.9. The lowest BCUT2D eigenvalue weighted by Gasteiger charge is -2.44. The molecular weight excluding hydrogens is 586 g/mol. The molecule has 3 aliphatic heterocycles. The van der Waals surface area contributed by atoms with Crippen molar-refractivity contribution >= 4 is 35.0 Å². The molecule has 4 heterocycles. The van der Waals surface area contributed by atoms with Gasteiger partial charge in [0, 0.05) is 80.3 Å². The molecular formula is C39H41N5O3. The Hall–Kier alpha value is -5.11. The first-order chi connectivity index (χ1) is 22.8. The number of carbonyl (C=O) groups is 2. The largest absolute Gasteiger partial charge is 0.369 e. The summed E-state index contributed by atoms with van der Waals surface area (Å²) in [6.45, 7) is 8.44. The lowest BCUT2D eigenvalue weighted by atomic mass is 9.83. The fourth-order valence-electron chi connectivity index (χ4n) is 7.56. The minimum Gasteiger partial charge on any atom is -0.369 e. The maximum absolute atomic E-state index is 13.9. The third-order valence-corrected chi connectivity index (χ3v) is 9.80. The molecule has 0 saturated carbocycles. The Bertz CT molecular complexity index is 1880. The Kier molecular flexibility index (Phi) is 8.41. The van der Waals surface area contributed by atoms with E-state index in [0.29, 0.717) is 36.8 Å².